The number of amides is 2. The van der Waals surface area contributed by atoms with Gasteiger partial charge in [-0.05, 0) is 79.0 Å². The van der Waals surface area contributed by atoms with Crippen molar-refractivity contribution in [2.45, 2.75) is 57.9 Å². The lowest BCUT2D eigenvalue weighted by molar-refractivity contribution is -0.147. The molecule has 2 aliphatic carbocycles. The maximum absolute atomic E-state index is 13.9. The summed E-state index contributed by atoms with van der Waals surface area (Å²) < 4.78 is 5.56. The summed E-state index contributed by atoms with van der Waals surface area (Å²) in [7, 11) is 0. The first-order valence-corrected chi connectivity index (χ1v) is 14.6. The second-order valence-electron chi connectivity index (χ2n) is 11.9. The van der Waals surface area contributed by atoms with E-state index < -0.39 is 11.4 Å². The summed E-state index contributed by atoms with van der Waals surface area (Å²) in [6.45, 7) is 2.00. The first kappa shape index (κ1) is 27.7. The highest BCUT2D eigenvalue weighted by Gasteiger charge is 2.41. The highest BCUT2D eigenvalue weighted by molar-refractivity contribution is 5.98. The summed E-state index contributed by atoms with van der Waals surface area (Å²) in [4.78, 5) is 38.4. The van der Waals surface area contributed by atoms with E-state index in [1.165, 1.54) is 5.01 Å². The number of hydrogen-bond acceptors (Lipinski definition) is 5. The Morgan fingerprint density at radius 3 is 2.48 bits per heavy atom. The zero-order valence-corrected chi connectivity index (χ0v) is 23.7. The molecule has 0 radical (unpaired) electrons. The van der Waals surface area contributed by atoms with E-state index in [1.807, 2.05) is 72.8 Å². The fourth-order valence-electron chi connectivity index (χ4n) is 6.54. The number of carbonyl (C=O) groups is 3. The molecule has 3 aromatic rings. The van der Waals surface area contributed by atoms with Crippen molar-refractivity contribution in [1.82, 2.24) is 5.01 Å². The summed E-state index contributed by atoms with van der Waals surface area (Å²) in [6, 6.07) is 23.1. The molecule has 3 aromatic carbocycles. The van der Waals surface area contributed by atoms with Crippen LogP contribution in [0.15, 0.2) is 77.9 Å². The average Bonchev–Trinajstić information content (AvgIpc) is 3.64. The van der Waals surface area contributed by atoms with Crippen LogP contribution in [0.5, 0.6) is 0 Å². The Balaban J connectivity index is 1.21. The van der Waals surface area contributed by atoms with Crippen LogP contribution in [0.4, 0.5) is 5.69 Å². The lowest BCUT2D eigenvalue weighted by atomic mass is 9.83. The number of nitrogens with one attached hydrogen (secondary N) is 1. The maximum Gasteiger partial charge on any atom is 0.310 e. The molecule has 3 aliphatic rings. The molecule has 8 heteroatoms. The van der Waals surface area contributed by atoms with Crippen molar-refractivity contribution >= 4 is 29.4 Å². The molecule has 0 saturated heterocycles. The Bertz CT molecular complexity index is 1530. The number of ether oxygens (including phenoxy) is 1. The normalized spacial score (nSPS) is 20.9. The molecule has 1 saturated carbocycles. The van der Waals surface area contributed by atoms with Crippen LogP contribution < -0.4 is 5.32 Å². The molecule has 1 heterocycles. The zero-order valence-electron chi connectivity index (χ0n) is 23.7. The molecule has 0 spiro atoms. The smallest absolute Gasteiger partial charge is 0.310 e. The van der Waals surface area contributed by atoms with Gasteiger partial charge >= 0.3 is 5.97 Å². The van der Waals surface area contributed by atoms with Gasteiger partial charge in [0.05, 0.1) is 17.9 Å². The molecule has 0 bridgehead atoms. The number of carboxylic acids is 1. The largest absolute Gasteiger partial charge is 0.481 e. The molecule has 6 rings (SSSR count). The third-order valence-corrected chi connectivity index (χ3v) is 8.87. The summed E-state index contributed by atoms with van der Waals surface area (Å²) in [5, 5.41) is 18.9. The molecule has 1 fully saturated rings. The Morgan fingerprint density at radius 1 is 1.02 bits per heavy atom. The summed E-state index contributed by atoms with van der Waals surface area (Å²) in [5.41, 5.74) is 4.40. The van der Waals surface area contributed by atoms with Crippen LogP contribution in [0.1, 0.15) is 66.3 Å². The zero-order chi connectivity index (χ0) is 29.3. The van der Waals surface area contributed by atoms with Crippen LogP contribution in [0, 0.1) is 11.3 Å². The topological polar surface area (TPSA) is 108 Å². The van der Waals surface area contributed by atoms with Gasteiger partial charge in [-0.2, -0.15) is 0 Å². The molecule has 8 nitrogen and oxygen atoms in total. The van der Waals surface area contributed by atoms with Crippen molar-refractivity contribution < 1.29 is 24.2 Å². The molecule has 1 aliphatic heterocycles. The minimum Gasteiger partial charge on any atom is -0.481 e. The molecule has 2 amide bonds. The first-order chi connectivity index (χ1) is 20.3. The Labute approximate surface area is 245 Å². The number of carbonyl (C=O) groups excluding carboxylic acids is 2. The van der Waals surface area contributed by atoms with Gasteiger partial charge in [0.25, 0.3) is 5.91 Å². The third kappa shape index (κ3) is 5.53. The van der Waals surface area contributed by atoms with Crippen molar-refractivity contribution in [3.05, 3.63) is 101 Å². The van der Waals surface area contributed by atoms with Gasteiger partial charge in [-0.1, -0.05) is 67.4 Å². The minimum atomic E-state index is -0.863. The quantitative estimate of drug-likeness (QED) is 0.375. The van der Waals surface area contributed by atoms with Crippen molar-refractivity contribution in [2.75, 3.05) is 11.9 Å². The van der Waals surface area contributed by atoms with E-state index in [2.05, 4.69) is 10.4 Å². The van der Waals surface area contributed by atoms with E-state index in [0.717, 1.165) is 53.5 Å². The fraction of sp³-hybridized carbons (Fsp3) is 0.353. The van der Waals surface area contributed by atoms with Crippen molar-refractivity contribution in [3.8, 4) is 0 Å². The van der Waals surface area contributed by atoms with E-state index in [4.69, 9.17) is 4.74 Å². The third-order valence-electron chi connectivity index (χ3n) is 8.87. The monoisotopic (exact) mass is 565 g/mol. The van der Waals surface area contributed by atoms with E-state index in [0.29, 0.717) is 31.0 Å². The van der Waals surface area contributed by atoms with E-state index in [-0.39, 0.29) is 30.3 Å². The number of hydrazone groups is 1. The molecular formula is C34H35N3O5. The second kappa shape index (κ2) is 11.4. The van der Waals surface area contributed by atoms with Gasteiger partial charge < -0.3 is 15.2 Å². The number of fused-ring (bicyclic) bond motifs is 1. The van der Waals surface area contributed by atoms with E-state index in [9.17, 15) is 19.5 Å². The number of rotatable bonds is 8. The highest BCUT2D eigenvalue weighted by atomic mass is 16.5. The number of aliphatic carboxylic acids is 1. The van der Waals surface area contributed by atoms with Crippen LogP contribution in [0.25, 0.3) is 0 Å². The Kier molecular flexibility index (Phi) is 7.54. The predicted octanol–water partition coefficient (Wildman–Crippen LogP) is 5.51. The van der Waals surface area contributed by atoms with Gasteiger partial charge in [-0.25, -0.2) is 5.01 Å². The number of hydrogen-bond donors (Lipinski definition) is 2. The number of anilines is 1. The van der Waals surface area contributed by atoms with Crippen LogP contribution in [-0.4, -0.2) is 40.4 Å². The summed E-state index contributed by atoms with van der Waals surface area (Å²) in [5.74, 6) is -0.765. The van der Waals surface area contributed by atoms with Crippen LogP contribution in [-0.2, 0) is 38.5 Å². The number of benzene rings is 3. The highest BCUT2D eigenvalue weighted by Crippen LogP contribution is 2.42. The lowest BCUT2D eigenvalue weighted by Gasteiger charge is -2.25. The SMILES string of the molecule is CC1(C(=O)O)Cc2cccc(NC(=O)C(c3ccc(CN4N=C(c5ccccc5)OCC4=O)cc3)C3CCCC3)c2C1. The van der Waals surface area contributed by atoms with Crippen molar-refractivity contribution in [3.63, 3.8) is 0 Å². The molecule has 2 N–H and O–H groups in total. The Morgan fingerprint density at radius 2 is 1.76 bits per heavy atom. The number of carboxylic acid groups (broad SMARTS) is 1. The fourth-order valence-corrected chi connectivity index (χ4v) is 6.54. The van der Waals surface area contributed by atoms with E-state index >= 15 is 0 Å². The average molecular weight is 566 g/mol. The molecule has 2 unspecified atom stereocenters. The summed E-state index contributed by atoms with van der Waals surface area (Å²) >= 11 is 0. The van der Waals surface area contributed by atoms with Crippen LogP contribution in [0.2, 0.25) is 0 Å². The van der Waals surface area contributed by atoms with Gasteiger partial charge in [0.1, 0.15) is 0 Å². The maximum atomic E-state index is 13.9. The van der Waals surface area contributed by atoms with E-state index in [1.54, 1.807) is 6.92 Å². The standard InChI is InChI=1S/C34H35N3O5/c1-34(33(40)41)18-26-12-7-13-28(27(26)19-34)35-31(39)30(23-8-5-6-9-23)24-16-14-22(15-17-24)20-37-29(38)21-42-32(36-37)25-10-3-2-4-11-25/h2-4,7,10-17,23,30H,5-6,8-9,18-21H2,1H3,(H,35,39)(H,40,41). The second-order valence-corrected chi connectivity index (χ2v) is 11.9. The molecular weight excluding hydrogens is 530 g/mol. The lowest BCUT2D eigenvalue weighted by Crippen LogP contribution is -2.36. The van der Waals surface area contributed by atoms with Gasteiger partial charge in [-0.15, -0.1) is 5.10 Å². The van der Waals surface area contributed by atoms with Crippen molar-refractivity contribution in [1.29, 1.82) is 0 Å². The first-order valence-electron chi connectivity index (χ1n) is 14.6. The van der Waals surface area contributed by atoms with Gasteiger partial charge in [0.15, 0.2) is 6.61 Å². The predicted molar refractivity (Wildman–Crippen MR) is 159 cm³/mol. The molecule has 0 aromatic heterocycles. The molecule has 42 heavy (non-hydrogen) atoms. The van der Waals surface area contributed by atoms with Gasteiger partial charge in [-0.3, -0.25) is 14.4 Å². The Hall–Kier alpha value is -4.46. The van der Waals surface area contributed by atoms with Crippen LogP contribution in [0.3, 0.4) is 0 Å². The van der Waals surface area contributed by atoms with Crippen LogP contribution >= 0.6 is 0 Å². The minimum absolute atomic E-state index is 0.0626. The molecule has 2 atom stereocenters. The number of nitrogens with zero attached hydrogens (tertiary/aromatic N) is 2. The molecule has 216 valence electrons. The van der Waals surface area contributed by atoms with Gasteiger partial charge in [0.2, 0.25) is 11.8 Å². The summed E-state index contributed by atoms with van der Waals surface area (Å²) in [6.07, 6.45) is 5.03. The van der Waals surface area contributed by atoms with Crippen molar-refractivity contribution in [2.24, 2.45) is 16.4 Å². The van der Waals surface area contributed by atoms with Gasteiger partial charge in [0, 0.05) is 11.3 Å².